The lowest BCUT2D eigenvalue weighted by Gasteiger charge is -2.18. The minimum atomic E-state index is -4.84. The second-order valence-corrected chi connectivity index (χ2v) is 8.44. The predicted octanol–water partition coefficient (Wildman–Crippen LogP) is 5.30. The number of halogens is 4. The zero-order valence-electron chi connectivity index (χ0n) is 17.2. The Kier molecular flexibility index (Phi) is 6.38. The third-order valence-corrected chi connectivity index (χ3v) is 5.92. The van der Waals surface area contributed by atoms with Crippen LogP contribution in [0.2, 0.25) is 0 Å². The highest BCUT2D eigenvalue weighted by Gasteiger charge is 2.37. The molecule has 4 aromatic rings. The van der Waals surface area contributed by atoms with E-state index in [4.69, 9.17) is 9.84 Å². The van der Waals surface area contributed by atoms with Gasteiger partial charge in [-0.25, -0.2) is 14.2 Å². The number of carboxylic acid groups (broad SMARTS) is 1. The maximum atomic E-state index is 14.7. The molecule has 0 aliphatic rings. The zero-order valence-corrected chi connectivity index (χ0v) is 18.0. The van der Waals surface area contributed by atoms with Crippen LogP contribution in [0.15, 0.2) is 54.6 Å². The molecule has 11 heteroatoms. The Labute approximate surface area is 193 Å². The van der Waals surface area contributed by atoms with Gasteiger partial charge in [0.1, 0.15) is 29.2 Å². The molecule has 0 fully saturated rings. The summed E-state index contributed by atoms with van der Waals surface area (Å²) in [7, 11) is 0. The predicted molar refractivity (Wildman–Crippen MR) is 117 cm³/mol. The molecule has 0 spiro atoms. The van der Waals surface area contributed by atoms with Gasteiger partial charge in [-0.05, 0) is 18.2 Å². The maximum absolute atomic E-state index is 14.7. The van der Waals surface area contributed by atoms with E-state index in [1.165, 1.54) is 23.5 Å². The van der Waals surface area contributed by atoms with E-state index in [1.807, 2.05) is 29.6 Å². The third kappa shape index (κ3) is 5.09. The summed E-state index contributed by atoms with van der Waals surface area (Å²) in [5.41, 5.74) is 0.315. The van der Waals surface area contributed by atoms with Gasteiger partial charge in [0.25, 0.3) is 5.91 Å². The Morgan fingerprint density at radius 1 is 1.09 bits per heavy atom. The number of benzene rings is 3. The number of hydrogen-bond donors (Lipinski definition) is 2. The molecule has 1 amide bonds. The number of carbonyl (C=O) groups excluding carboxylic acids is 1. The topological polar surface area (TPSA) is 88.5 Å². The number of alkyl halides is 3. The summed E-state index contributed by atoms with van der Waals surface area (Å²) >= 11 is 1.35. The molecule has 3 aromatic carbocycles. The van der Waals surface area contributed by atoms with Crippen molar-refractivity contribution in [2.75, 3.05) is 0 Å². The number of thiazole rings is 1. The molecule has 4 rings (SSSR count). The second-order valence-electron chi connectivity index (χ2n) is 7.33. The lowest BCUT2D eigenvalue weighted by atomic mass is 10.0. The largest absolute Gasteiger partial charge is 0.485 e. The second kappa shape index (κ2) is 9.26. The van der Waals surface area contributed by atoms with E-state index in [1.54, 1.807) is 12.1 Å². The minimum Gasteiger partial charge on any atom is -0.485 e. The molecule has 176 valence electrons. The number of carboxylic acids is 1. The Hall–Kier alpha value is -3.73. The molecule has 34 heavy (non-hydrogen) atoms. The highest BCUT2D eigenvalue weighted by molar-refractivity contribution is 7.18. The first-order chi connectivity index (χ1) is 16.1. The SMILES string of the molecule is O=C(NC(CC(F)(F)F)C(=O)O)c1cc(F)c2ccccc2c1OCc1nc2ccccc2s1. The van der Waals surface area contributed by atoms with Gasteiger partial charge < -0.3 is 15.2 Å². The molecule has 1 unspecified atom stereocenters. The number of carbonyl (C=O) groups is 2. The monoisotopic (exact) mass is 492 g/mol. The summed E-state index contributed by atoms with van der Waals surface area (Å²) in [5, 5.41) is 11.8. The summed E-state index contributed by atoms with van der Waals surface area (Å²) in [6, 6.07) is 12.0. The minimum absolute atomic E-state index is 0.0927. The highest BCUT2D eigenvalue weighted by atomic mass is 32.1. The summed E-state index contributed by atoms with van der Waals surface area (Å²) in [4.78, 5) is 28.5. The standard InChI is InChI=1S/C23H16F4N2O4S/c24-15-9-14(21(30)29-17(22(31)32)10-23(25,26)27)20(13-6-2-1-5-12(13)15)33-11-19-28-16-7-3-4-8-18(16)34-19/h1-9,17H,10-11H2,(H,29,30)(H,31,32). The number of aromatic nitrogens is 1. The molecule has 0 aliphatic carbocycles. The van der Waals surface area contributed by atoms with Crippen molar-refractivity contribution >= 4 is 44.2 Å². The van der Waals surface area contributed by atoms with Crippen molar-refractivity contribution in [3.63, 3.8) is 0 Å². The molecule has 0 saturated heterocycles. The van der Waals surface area contributed by atoms with E-state index in [0.717, 1.165) is 16.3 Å². The Balaban J connectivity index is 1.70. The van der Waals surface area contributed by atoms with Crippen LogP contribution in [0.4, 0.5) is 17.6 Å². The van der Waals surface area contributed by atoms with Crippen molar-refractivity contribution in [3.8, 4) is 5.75 Å². The van der Waals surface area contributed by atoms with Crippen LogP contribution in [0.1, 0.15) is 21.8 Å². The molecule has 0 radical (unpaired) electrons. The number of hydrogen-bond acceptors (Lipinski definition) is 5. The van der Waals surface area contributed by atoms with E-state index in [9.17, 15) is 27.2 Å². The summed E-state index contributed by atoms with van der Waals surface area (Å²) in [6.07, 6.45) is -6.62. The van der Waals surface area contributed by atoms with Crippen LogP contribution < -0.4 is 10.1 Å². The number of ether oxygens (including phenoxy) is 1. The van der Waals surface area contributed by atoms with Crippen molar-refractivity contribution < 1.29 is 37.0 Å². The summed E-state index contributed by atoms with van der Waals surface area (Å²) in [5.74, 6) is -3.98. The average Bonchev–Trinajstić information content (AvgIpc) is 3.20. The van der Waals surface area contributed by atoms with Gasteiger partial charge in [-0.2, -0.15) is 13.2 Å². The van der Waals surface area contributed by atoms with Gasteiger partial charge in [0.2, 0.25) is 0 Å². The molecule has 0 aliphatic heterocycles. The Bertz CT molecular complexity index is 1350. The van der Waals surface area contributed by atoms with Crippen molar-refractivity contribution in [2.24, 2.45) is 0 Å². The zero-order chi connectivity index (χ0) is 24.5. The van der Waals surface area contributed by atoms with Crippen molar-refractivity contribution in [3.05, 3.63) is 71.0 Å². The number of fused-ring (bicyclic) bond motifs is 2. The van der Waals surface area contributed by atoms with Crippen molar-refractivity contribution in [1.29, 1.82) is 0 Å². The van der Waals surface area contributed by atoms with Crippen LogP contribution in [0.5, 0.6) is 5.75 Å². The molecule has 2 N–H and O–H groups in total. The number of amides is 1. The average molecular weight is 492 g/mol. The van der Waals surface area contributed by atoms with Crippen molar-refractivity contribution in [2.45, 2.75) is 25.2 Å². The molecule has 0 bridgehead atoms. The van der Waals surface area contributed by atoms with E-state index in [0.29, 0.717) is 5.01 Å². The van der Waals surface area contributed by atoms with Gasteiger partial charge in [0, 0.05) is 10.8 Å². The highest BCUT2D eigenvalue weighted by Crippen LogP contribution is 2.34. The maximum Gasteiger partial charge on any atom is 0.391 e. The first-order valence-electron chi connectivity index (χ1n) is 9.91. The van der Waals surface area contributed by atoms with Crippen LogP contribution in [0.25, 0.3) is 21.0 Å². The molecule has 1 aromatic heterocycles. The fourth-order valence-corrected chi connectivity index (χ4v) is 4.29. The molecule has 6 nitrogen and oxygen atoms in total. The summed E-state index contributed by atoms with van der Waals surface area (Å²) in [6.45, 7) is -0.0971. The smallest absolute Gasteiger partial charge is 0.391 e. The lowest BCUT2D eigenvalue weighted by Crippen LogP contribution is -2.43. The lowest BCUT2D eigenvalue weighted by molar-refractivity contribution is -0.157. The normalized spacial score (nSPS) is 12.6. The number of nitrogens with zero attached hydrogens (tertiary/aromatic N) is 1. The van der Waals surface area contributed by atoms with Crippen LogP contribution >= 0.6 is 11.3 Å². The van der Waals surface area contributed by atoms with Gasteiger partial charge in [-0.3, -0.25) is 4.79 Å². The molecular formula is C23H16F4N2O4S. The van der Waals surface area contributed by atoms with Gasteiger partial charge in [-0.1, -0.05) is 36.4 Å². The number of para-hydroxylation sites is 1. The number of aliphatic carboxylic acids is 1. The van der Waals surface area contributed by atoms with E-state index in [2.05, 4.69) is 4.98 Å². The van der Waals surface area contributed by atoms with Gasteiger partial charge >= 0.3 is 12.1 Å². The number of nitrogens with one attached hydrogen (secondary N) is 1. The molecule has 1 atom stereocenters. The molecule has 1 heterocycles. The van der Waals surface area contributed by atoms with E-state index in [-0.39, 0.29) is 23.1 Å². The fourth-order valence-electron chi connectivity index (χ4n) is 3.41. The Morgan fingerprint density at radius 3 is 2.44 bits per heavy atom. The summed E-state index contributed by atoms with van der Waals surface area (Å²) < 4.78 is 59.7. The number of rotatable bonds is 7. The first-order valence-corrected chi connectivity index (χ1v) is 10.7. The van der Waals surface area contributed by atoms with E-state index >= 15 is 0 Å². The van der Waals surface area contributed by atoms with Crippen LogP contribution in [0.3, 0.4) is 0 Å². The van der Waals surface area contributed by atoms with Crippen LogP contribution in [0, 0.1) is 5.82 Å². The fraction of sp³-hybridized carbons (Fsp3) is 0.174. The van der Waals surface area contributed by atoms with Gasteiger partial charge in [0.15, 0.2) is 0 Å². The quantitative estimate of drug-likeness (QED) is 0.342. The molecular weight excluding hydrogens is 476 g/mol. The van der Waals surface area contributed by atoms with Crippen molar-refractivity contribution in [1.82, 2.24) is 10.3 Å². The van der Waals surface area contributed by atoms with Gasteiger partial charge in [-0.15, -0.1) is 11.3 Å². The van der Waals surface area contributed by atoms with Crippen LogP contribution in [-0.2, 0) is 11.4 Å². The molecule has 0 saturated carbocycles. The van der Waals surface area contributed by atoms with Gasteiger partial charge in [0.05, 0.1) is 22.2 Å². The third-order valence-electron chi connectivity index (χ3n) is 4.91. The van der Waals surface area contributed by atoms with Crippen LogP contribution in [-0.4, -0.2) is 34.2 Å². The van der Waals surface area contributed by atoms with E-state index < -0.39 is 41.9 Å². The first kappa shape index (κ1) is 23.4. The Morgan fingerprint density at radius 2 is 1.76 bits per heavy atom.